The second-order valence-corrected chi connectivity index (χ2v) is 10.1. The Morgan fingerprint density at radius 1 is 1.00 bits per heavy atom. The zero-order valence-electron chi connectivity index (χ0n) is 18.1. The molecule has 5 nitrogen and oxygen atoms in total. The van der Waals surface area contributed by atoms with E-state index in [1.54, 1.807) is 12.1 Å². The smallest absolute Gasteiger partial charge is 0.191 e. The van der Waals surface area contributed by atoms with Gasteiger partial charge in [0.25, 0.3) is 0 Å². The number of hydrogen-bond donors (Lipinski definition) is 2. The molecule has 0 aliphatic carbocycles. The van der Waals surface area contributed by atoms with E-state index in [2.05, 4.69) is 55.7 Å². The molecule has 0 bridgehead atoms. The minimum absolute atomic E-state index is 0.0580. The lowest BCUT2D eigenvalue weighted by molar-refractivity contribution is 0.537. The van der Waals surface area contributed by atoms with Crippen molar-refractivity contribution in [3.05, 3.63) is 65.2 Å². The number of benzene rings is 2. The zero-order valence-corrected chi connectivity index (χ0v) is 18.9. The molecule has 29 heavy (non-hydrogen) atoms. The first-order valence-electron chi connectivity index (χ1n) is 10.00. The number of hydrogen-bond acceptors (Lipinski definition) is 3. The molecule has 0 heterocycles. The van der Waals surface area contributed by atoms with Gasteiger partial charge in [0.15, 0.2) is 15.8 Å². The summed E-state index contributed by atoms with van der Waals surface area (Å²) < 4.78 is 23.1. The lowest BCUT2D eigenvalue weighted by Gasteiger charge is -2.24. The Balaban J connectivity index is 1.96. The van der Waals surface area contributed by atoms with Crippen molar-refractivity contribution in [1.82, 2.24) is 10.6 Å². The number of nitrogens with one attached hydrogen (secondary N) is 2. The predicted octanol–water partition coefficient (Wildman–Crippen LogP) is 3.47. The standard InChI is InChI=1S/C23H33N3O2S/c1-6-24-22(26-17-23(3,4)20-11-7-18(2)8-12-20)25-16-15-19-9-13-21(14-10-19)29(5,27)28/h7-14H,6,15-17H2,1-5H3,(H2,24,25,26). The highest BCUT2D eigenvalue weighted by Gasteiger charge is 2.20. The molecule has 0 amide bonds. The van der Waals surface area contributed by atoms with Crippen LogP contribution >= 0.6 is 0 Å². The van der Waals surface area contributed by atoms with Crippen molar-refractivity contribution in [2.75, 3.05) is 25.9 Å². The first kappa shape index (κ1) is 22.9. The van der Waals surface area contributed by atoms with Gasteiger partial charge in [-0.15, -0.1) is 0 Å². The van der Waals surface area contributed by atoms with Crippen molar-refractivity contribution in [2.45, 2.75) is 44.4 Å². The lowest BCUT2D eigenvalue weighted by atomic mass is 9.84. The number of aryl methyl sites for hydroxylation is 1. The Morgan fingerprint density at radius 3 is 2.17 bits per heavy atom. The summed E-state index contributed by atoms with van der Waals surface area (Å²) in [6.07, 6.45) is 2.01. The zero-order chi connectivity index (χ0) is 21.5. The molecule has 2 aromatic rings. The lowest BCUT2D eigenvalue weighted by Crippen LogP contribution is -2.39. The summed E-state index contributed by atoms with van der Waals surface area (Å²) >= 11 is 0. The molecule has 0 aromatic heterocycles. The first-order valence-corrected chi connectivity index (χ1v) is 11.9. The summed E-state index contributed by atoms with van der Waals surface area (Å²) in [6.45, 7) is 10.7. The van der Waals surface area contributed by atoms with Gasteiger partial charge in [-0.25, -0.2) is 8.42 Å². The molecule has 0 atom stereocenters. The second kappa shape index (κ2) is 9.92. The molecule has 0 radical (unpaired) electrons. The molecule has 0 saturated heterocycles. The van der Waals surface area contributed by atoms with Gasteiger partial charge in [0.1, 0.15) is 0 Å². The number of rotatable bonds is 8. The number of aliphatic imine (C=N–C) groups is 1. The summed E-state index contributed by atoms with van der Waals surface area (Å²) in [5.74, 6) is 0.792. The molecular weight excluding hydrogens is 382 g/mol. The van der Waals surface area contributed by atoms with Gasteiger partial charge in [-0.1, -0.05) is 55.8 Å². The maximum Gasteiger partial charge on any atom is 0.191 e. The molecule has 2 aromatic carbocycles. The predicted molar refractivity (Wildman–Crippen MR) is 121 cm³/mol. The molecule has 6 heteroatoms. The third-order valence-electron chi connectivity index (χ3n) is 4.87. The first-order chi connectivity index (χ1) is 13.6. The van der Waals surface area contributed by atoms with Crippen LogP contribution < -0.4 is 10.6 Å². The maximum absolute atomic E-state index is 11.6. The van der Waals surface area contributed by atoms with Crippen LogP contribution in [0.2, 0.25) is 0 Å². The molecule has 0 aliphatic heterocycles. The van der Waals surface area contributed by atoms with Crippen molar-refractivity contribution in [3.8, 4) is 0 Å². The Hall–Kier alpha value is -2.34. The minimum Gasteiger partial charge on any atom is -0.357 e. The summed E-state index contributed by atoms with van der Waals surface area (Å²) in [6, 6.07) is 15.7. The van der Waals surface area contributed by atoms with E-state index in [0.29, 0.717) is 11.4 Å². The average molecular weight is 416 g/mol. The average Bonchev–Trinajstić information content (AvgIpc) is 2.66. The summed E-state index contributed by atoms with van der Waals surface area (Å²) in [7, 11) is -3.15. The van der Waals surface area contributed by atoms with Crippen molar-refractivity contribution in [2.24, 2.45) is 4.99 Å². The highest BCUT2D eigenvalue weighted by atomic mass is 32.2. The number of nitrogens with zero attached hydrogens (tertiary/aromatic N) is 1. The van der Waals surface area contributed by atoms with Crippen LogP contribution in [0.15, 0.2) is 58.4 Å². The molecule has 2 rings (SSSR count). The van der Waals surface area contributed by atoms with Crippen LogP contribution in [-0.4, -0.2) is 40.3 Å². The molecule has 0 saturated carbocycles. The van der Waals surface area contributed by atoms with Crippen molar-refractivity contribution in [1.29, 1.82) is 0 Å². The normalized spacial score (nSPS) is 12.7. The van der Waals surface area contributed by atoms with E-state index < -0.39 is 9.84 Å². The number of sulfone groups is 1. The largest absolute Gasteiger partial charge is 0.357 e. The van der Waals surface area contributed by atoms with Crippen LogP contribution in [0, 0.1) is 6.92 Å². The van der Waals surface area contributed by atoms with Crippen molar-refractivity contribution in [3.63, 3.8) is 0 Å². The molecular formula is C23H33N3O2S. The fourth-order valence-corrected chi connectivity index (χ4v) is 3.57. The highest BCUT2D eigenvalue weighted by molar-refractivity contribution is 7.90. The van der Waals surface area contributed by atoms with E-state index in [1.165, 1.54) is 17.4 Å². The van der Waals surface area contributed by atoms with Crippen LogP contribution in [0.5, 0.6) is 0 Å². The molecule has 158 valence electrons. The quantitative estimate of drug-likeness (QED) is 0.512. The molecule has 0 unspecified atom stereocenters. The fourth-order valence-electron chi connectivity index (χ4n) is 2.94. The number of guanidine groups is 1. The van der Waals surface area contributed by atoms with Crippen molar-refractivity contribution >= 4 is 15.8 Å². The summed E-state index contributed by atoms with van der Waals surface area (Å²) in [5, 5.41) is 6.66. The van der Waals surface area contributed by atoms with E-state index in [1.807, 2.05) is 19.1 Å². The molecule has 0 fully saturated rings. The Morgan fingerprint density at radius 2 is 1.62 bits per heavy atom. The van der Waals surface area contributed by atoms with Gasteiger partial charge in [0.05, 0.1) is 11.4 Å². The van der Waals surface area contributed by atoms with Gasteiger partial charge in [-0.2, -0.15) is 0 Å². The van der Waals surface area contributed by atoms with Crippen LogP contribution in [0.1, 0.15) is 37.5 Å². The molecule has 2 N–H and O–H groups in total. The molecule has 0 aliphatic rings. The van der Waals surface area contributed by atoms with E-state index in [0.717, 1.165) is 31.0 Å². The van der Waals surface area contributed by atoms with Gasteiger partial charge in [0.2, 0.25) is 0 Å². The van der Waals surface area contributed by atoms with Gasteiger partial charge < -0.3 is 10.6 Å². The Labute approximate surface area is 175 Å². The Bertz CT molecular complexity index is 916. The topological polar surface area (TPSA) is 70.6 Å². The van der Waals surface area contributed by atoms with Gasteiger partial charge in [-0.3, -0.25) is 4.99 Å². The summed E-state index contributed by atoms with van der Waals surface area (Å²) in [4.78, 5) is 5.13. The maximum atomic E-state index is 11.6. The van der Waals surface area contributed by atoms with Crippen molar-refractivity contribution < 1.29 is 8.42 Å². The second-order valence-electron chi connectivity index (χ2n) is 8.04. The van der Waals surface area contributed by atoms with E-state index in [9.17, 15) is 8.42 Å². The summed E-state index contributed by atoms with van der Waals surface area (Å²) in [5.41, 5.74) is 3.55. The monoisotopic (exact) mass is 415 g/mol. The van der Waals surface area contributed by atoms with Crippen LogP contribution in [0.4, 0.5) is 0 Å². The molecule has 0 spiro atoms. The Kier molecular flexibility index (Phi) is 7.85. The van der Waals surface area contributed by atoms with Crippen LogP contribution in [-0.2, 0) is 21.7 Å². The minimum atomic E-state index is -3.15. The third-order valence-corrected chi connectivity index (χ3v) is 6.00. The van der Waals surface area contributed by atoms with Crippen LogP contribution in [0.25, 0.3) is 0 Å². The van der Waals surface area contributed by atoms with Gasteiger partial charge in [0, 0.05) is 24.8 Å². The fraction of sp³-hybridized carbons (Fsp3) is 0.435. The van der Waals surface area contributed by atoms with Crippen LogP contribution in [0.3, 0.4) is 0 Å². The van der Waals surface area contributed by atoms with Gasteiger partial charge >= 0.3 is 0 Å². The highest BCUT2D eigenvalue weighted by Crippen LogP contribution is 2.23. The van der Waals surface area contributed by atoms with Gasteiger partial charge in [-0.05, 0) is 43.5 Å². The SMILES string of the molecule is CCNC(=NCC(C)(C)c1ccc(C)cc1)NCCc1ccc(S(C)(=O)=O)cc1. The van der Waals surface area contributed by atoms with E-state index in [-0.39, 0.29) is 5.41 Å². The van der Waals surface area contributed by atoms with E-state index in [4.69, 9.17) is 4.99 Å². The van der Waals surface area contributed by atoms with E-state index >= 15 is 0 Å². The third kappa shape index (κ3) is 7.20.